The van der Waals surface area contributed by atoms with Gasteiger partial charge in [0.15, 0.2) is 5.65 Å². The van der Waals surface area contributed by atoms with E-state index in [4.69, 9.17) is 0 Å². The molecule has 0 bridgehead atoms. The fraction of sp³-hybridized carbons (Fsp3) is 0.125. The van der Waals surface area contributed by atoms with Gasteiger partial charge in [-0.15, -0.1) is 10.2 Å². The smallest absolute Gasteiger partial charge is 0.267 e. The first-order valence-corrected chi connectivity index (χ1v) is 4.77. The topological polar surface area (TPSA) is 47.3 Å². The van der Waals surface area contributed by atoms with Gasteiger partial charge in [-0.3, -0.25) is 9.20 Å². The Kier molecular flexibility index (Phi) is 2.03. The van der Waals surface area contributed by atoms with Crippen LogP contribution in [0.5, 0.6) is 0 Å². The summed E-state index contributed by atoms with van der Waals surface area (Å²) in [4.78, 5) is 11.5. The Morgan fingerprint density at radius 3 is 2.92 bits per heavy atom. The molecule has 0 aliphatic carbocycles. The maximum atomic E-state index is 11.5. The molecule has 0 saturated heterocycles. The zero-order valence-corrected chi connectivity index (χ0v) is 9.02. The molecular formula is C8H6IN3O. The van der Waals surface area contributed by atoms with E-state index in [2.05, 4.69) is 32.8 Å². The van der Waals surface area contributed by atoms with Gasteiger partial charge in [0, 0.05) is 9.77 Å². The highest BCUT2D eigenvalue weighted by Gasteiger charge is 2.01. The lowest BCUT2D eigenvalue weighted by atomic mass is 10.4. The van der Waals surface area contributed by atoms with Gasteiger partial charge in [-0.05, 0) is 41.6 Å². The van der Waals surface area contributed by atoms with Crippen molar-refractivity contribution in [2.75, 3.05) is 0 Å². The zero-order chi connectivity index (χ0) is 9.42. The summed E-state index contributed by atoms with van der Waals surface area (Å²) >= 11 is 2.15. The number of pyridine rings is 1. The van der Waals surface area contributed by atoms with E-state index in [1.54, 1.807) is 19.2 Å². The number of rotatable bonds is 0. The molecule has 0 radical (unpaired) electrons. The van der Waals surface area contributed by atoms with Crippen LogP contribution < -0.4 is 5.56 Å². The van der Waals surface area contributed by atoms with Gasteiger partial charge in [-0.25, -0.2) is 0 Å². The van der Waals surface area contributed by atoms with Crippen LogP contribution in [0.4, 0.5) is 0 Å². The van der Waals surface area contributed by atoms with E-state index in [0.29, 0.717) is 11.3 Å². The van der Waals surface area contributed by atoms with Crippen molar-refractivity contribution in [1.29, 1.82) is 0 Å². The Labute approximate surface area is 87.8 Å². The van der Waals surface area contributed by atoms with Crippen molar-refractivity contribution < 1.29 is 0 Å². The molecule has 0 amide bonds. The molecule has 2 aromatic heterocycles. The summed E-state index contributed by atoms with van der Waals surface area (Å²) in [5.41, 5.74) is 0.888. The summed E-state index contributed by atoms with van der Waals surface area (Å²) < 4.78 is 2.50. The van der Waals surface area contributed by atoms with E-state index in [1.807, 2.05) is 6.07 Å². The largest absolute Gasteiger partial charge is 0.279 e. The van der Waals surface area contributed by atoms with E-state index in [9.17, 15) is 4.79 Å². The first kappa shape index (κ1) is 8.61. The van der Waals surface area contributed by atoms with Crippen LogP contribution in [-0.4, -0.2) is 14.6 Å². The molecule has 0 aliphatic rings. The van der Waals surface area contributed by atoms with Gasteiger partial charge in [-0.1, -0.05) is 0 Å². The molecule has 0 unspecified atom stereocenters. The summed E-state index contributed by atoms with van der Waals surface area (Å²) in [6.07, 6.45) is 1.75. The zero-order valence-electron chi connectivity index (χ0n) is 6.86. The van der Waals surface area contributed by atoms with Gasteiger partial charge < -0.3 is 0 Å². The highest BCUT2D eigenvalue weighted by atomic mass is 127. The molecule has 0 aliphatic heterocycles. The average molecular weight is 287 g/mol. The normalized spacial score (nSPS) is 10.6. The molecule has 0 saturated carbocycles. The monoisotopic (exact) mass is 287 g/mol. The summed E-state index contributed by atoms with van der Waals surface area (Å²) in [5.74, 6) is 0. The Hall–Kier alpha value is -0.980. The predicted molar refractivity (Wildman–Crippen MR) is 56.7 cm³/mol. The lowest BCUT2D eigenvalue weighted by Crippen LogP contribution is -2.19. The number of aryl methyl sites for hydroxylation is 1. The molecule has 0 fully saturated rings. The van der Waals surface area contributed by atoms with Crippen molar-refractivity contribution >= 4 is 28.2 Å². The number of hydrogen-bond acceptors (Lipinski definition) is 3. The second-order valence-electron chi connectivity index (χ2n) is 2.67. The van der Waals surface area contributed by atoms with E-state index >= 15 is 0 Å². The lowest BCUT2D eigenvalue weighted by molar-refractivity contribution is 0.889. The van der Waals surface area contributed by atoms with Crippen LogP contribution in [0.2, 0.25) is 0 Å². The summed E-state index contributed by atoms with van der Waals surface area (Å²) in [7, 11) is 0. The first-order valence-electron chi connectivity index (χ1n) is 3.70. The number of nitrogens with zero attached hydrogens (tertiary/aromatic N) is 3. The Bertz CT molecular complexity index is 515. The summed E-state index contributed by atoms with van der Waals surface area (Å²) in [6, 6.07) is 3.66. The van der Waals surface area contributed by atoms with E-state index < -0.39 is 0 Å². The molecule has 0 spiro atoms. The van der Waals surface area contributed by atoms with Crippen LogP contribution in [0.15, 0.2) is 23.1 Å². The fourth-order valence-corrected chi connectivity index (χ4v) is 1.51. The molecule has 0 atom stereocenters. The van der Waals surface area contributed by atoms with Crippen molar-refractivity contribution in [3.63, 3.8) is 0 Å². The Morgan fingerprint density at radius 1 is 1.38 bits per heavy atom. The highest BCUT2D eigenvalue weighted by molar-refractivity contribution is 14.1. The number of aromatic nitrogens is 3. The number of halogens is 1. The van der Waals surface area contributed by atoms with E-state index in [0.717, 1.165) is 3.57 Å². The number of fused-ring (bicyclic) bond motifs is 1. The molecule has 13 heavy (non-hydrogen) atoms. The molecule has 5 heteroatoms. The molecule has 2 aromatic rings. The average Bonchev–Trinajstić information content (AvgIpc) is 2.12. The van der Waals surface area contributed by atoms with Crippen LogP contribution in [0.25, 0.3) is 5.65 Å². The summed E-state index contributed by atoms with van der Waals surface area (Å²) in [5, 5.41) is 7.64. The van der Waals surface area contributed by atoms with Gasteiger partial charge in [-0.2, -0.15) is 0 Å². The third kappa shape index (κ3) is 1.43. The first-order chi connectivity index (χ1) is 6.18. The quantitative estimate of drug-likeness (QED) is 0.679. The van der Waals surface area contributed by atoms with Crippen LogP contribution in [-0.2, 0) is 0 Å². The van der Waals surface area contributed by atoms with Crippen molar-refractivity contribution in [2.24, 2.45) is 0 Å². The predicted octanol–water partition coefficient (Wildman–Crippen LogP) is 1.00. The fourth-order valence-electron chi connectivity index (χ4n) is 1.05. The molecule has 2 heterocycles. The molecule has 0 N–H and O–H groups in total. The van der Waals surface area contributed by atoms with Crippen molar-refractivity contribution in [2.45, 2.75) is 6.92 Å². The number of hydrogen-bond donors (Lipinski definition) is 0. The van der Waals surface area contributed by atoms with Crippen LogP contribution in [0, 0.1) is 10.5 Å². The SMILES string of the molecule is Cc1nnc2ccc(I)cn2c1=O. The van der Waals surface area contributed by atoms with E-state index in [1.165, 1.54) is 4.40 Å². The van der Waals surface area contributed by atoms with Crippen molar-refractivity contribution in [3.8, 4) is 0 Å². The maximum Gasteiger partial charge on any atom is 0.279 e. The Morgan fingerprint density at radius 2 is 2.15 bits per heavy atom. The highest BCUT2D eigenvalue weighted by Crippen LogP contribution is 2.03. The maximum absolute atomic E-state index is 11.5. The van der Waals surface area contributed by atoms with Gasteiger partial charge >= 0.3 is 0 Å². The molecule has 4 nitrogen and oxygen atoms in total. The summed E-state index contributed by atoms with van der Waals surface area (Å²) in [6.45, 7) is 1.65. The minimum atomic E-state index is -0.108. The molecule has 2 rings (SSSR count). The van der Waals surface area contributed by atoms with Gasteiger partial charge in [0.05, 0.1) is 0 Å². The van der Waals surface area contributed by atoms with Crippen LogP contribution in [0.3, 0.4) is 0 Å². The second kappa shape index (κ2) is 3.06. The van der Waals surface area contributed by atoms with Gasteiger partial charge in [0.2, 0.25) is 0 Å². The van der Waals surface area contributed by atoms with Gasteiger partial charge in [0.25, 0.3) is 5.56 Å². The van der Waals surface area contributed by atoms with Crippen molar-refractivity contribution in [3.05, 3.63) is 37.9 Å². The van der Waals surface area contributed by atoms with E-state index in [-0.39, 0.29) is 5.56 Å². The third-order valence-corrected chi connectivity index (χ3v) is 2.36. The van der Waals surface area contributed by atoms with Crippen molar-refractivity contribution in [1.82, 2.24) is 14.6 Å². The van der Waals surface area contributed by atoms with Gasteiger partial charge in [0.1, 0.15) is 5.69 Å². The molecular weight excluding hydrogens is 281 g/mol. The standard InChI is InChI=1S/C8H6IN3O/c1-5-8(13)12-4-6(9)2-3-7(12)11-10-5/h2-4H,1H3. The minimum absolute atomic E-state index is 0.108. The molecule has 66 valence electrons. The molecule has 0 aromatic carbocycles. The van der Waals surface area contributed by atoms with Crippen LogP contribution in [0.1, 0.15) is 5.69 Å². The minimum Gasteiger partial charge on any atom is -0.267 e. The van der Waals surface area contributed by atoms with Crippen LogP contribution >= 0.6 is 22.6 Å². The second-order valence-corrected chi connectivity index (χ2v) is 3.91. The Balaban J connectivity index is 2.97. The third-order valence-electron chi connectivity index (χ3n) is 1.72. The lowest BCUT2D eigenvalue weighted by Gasteiger charge is -1.99.